The summed E-state index contributed by atoms with van der Waals surface area (Å²) in [5.74, 6) is -0.169. The zero-order chi connectivity index (χ0) is 43.1. The number of aromatic nitrogens is 1. The molecule has 0 N–H and O–H groups in total. The second-order valence-corrected chi connectivity index (χ2v) is 19.1. The van der Waals surface area contributed by atoms with E-state index in [-0.39, 0.29) is 22.9 Å². The van der Waals surface area contributed by atoms with E-state index in [1.165, 1.54) is 16.9 Å². The molecule has 0 spiro atoms. The number of hydrogen-bond acceptors (Lipinski definition) is 8. The highest BCUT2D eigenvalue weighted by Gasteiger charge is 2.55. The third kappa shape index (κ3) is 9.66. The van der Waals surface area contributed by atoms with Crippen LogP contribution in [0, 0.1) is 17.3 Å². The summed E-state index contributed by atoms with van der Waals surface area (Å²) in [7, 11) is 0. The number of unbranched alkanes of at least 4 members (excludes halogenated alkanes) is 1. The minimum Gasteiger partial charge on any atom is -0.458 e. The van der Waals surface area contributed by atoms with Crippen LogP contribution < -0.4 is 0 Å². The molecule has 0 amide bonds. The van der Waals surface area contributed by atoms with Crippen LogP contribution >= 0.6 is 11.3 Å². The molecule has 4 fully saturated rings. The molecule has 1 heterocycles. The van der Waals surface area contributed by atoms with Gasteiger partial charge in [-0.25, -0.2) is 19.4 Å². The molecule has 0 aliphatic heterocycles. The molecule has 4 aromatic rings. The molecule has 0 saturated heterocycles. The Labute approximate surface area is 371 Å². The van der Waals surface area contributed by atoms with Crippen LogP contribution in [0.25, 0.3) is 0 Å². The van der Waals surface area contributed by atoms with Gasteiger partial charge in [0, 0.05) is 23.9 Å². The van der Waals surface area contributed by atoms with E-state index in [4.69, 9.17) is 19.2 Å². The number of carbonyl (C=O) groups excluding carboxylic acids is 3. The van der Waals surface area contributed by atoms with Crippen molar-refractivity contribution in [1.82, 2.24) is 4.98 Å². The lowest BCUT2D eigenvalue weighted by molar-refractivity contribution is 0.00212. The van der Waals surface area contributed by atoms with Gasteiger partial charge < -0.3 is 14.2 Å². The van der Waals surface area contributed by atoms with Gasteiger partial charge in [-0.1, -0.05) is 105 Å². The van der Waals surface area contributed by atoms with Gasteiger partial charge in [-0.15, -0.1) is 11.3 Å². The summed E-state index contributed by atoms with van der Waals surface area (Å²) in [5.41, 5.74) is 4.52. The summed E-state index contributed by atoms with van der Waals surface area (Å²) in [5, 5.41) is 1.09. The third-order valence-corrected chi connectivity index (χ3v) is 15.3. The maximum absolute atomic E-state index is 13.5. The van der Waals surface area contributed by atoms with Crippen LogP contribution in [0.3, 0.4) is 0 Å². The van der Waals surface area contributed by atoms with Crippen LogP contribution in [-0.2, 0) is 26.0 Å². The van der Waals surface area contributed by atoms with E-state index in [2.05, 4.69) is 44.7 Å². The maximum Gasteiger partial charge on any atom is 0.338 e. The van der Waals surface area contributed by atoms with E-state index in [9.17, 15) is 14.4 Å². The quantitative estimate of drug-likeness (QED) is 0.0668. The number of benzene rings is 3. The van der Waals surface area contributed by atoms with Crippen molar-refractivity contribution >= 4 is 29.2 Å². The molecule has 4 saturated carbocycles. The number of rotatable bonds is 15. The predicted molar refractivity (Wildman–Crippen MR) is 245 cm³/mol. The number of aryl methyl sites for hydroxylation is 1. The molecule has 6 atom stereocenters. The van der Waals surface area contributed by atoms with Crippen molar-refractivity contribution in [2.75, 3.05) is 0 Å². The normalized spacial score (nSPS) is 25.9. The van der Waals surface area contributed by atoms with Crippen molar-refractivity contribution in [2.45, 2.75) is 121 Å². The first-order chi connectivity index (χ1) is 30.2. The van der Waals surface area contributed by atoms with Crippen LogP contribution in [0.15, 0.2) is 145 Å². The first kappa shape index (κ1) is 43.3. The van der Waals surface area contributed by atoms with E-state index in [1.54, 1.807) is 35.6 Å². The molecule has 6 unspecified atom stereocenters. The van der Waals surface area contributed by atoms with Gasteiger partial charge in [0.1, 0.15) is 23.3 Å². The highest BCUT2D eigenvalue weighted by atomic mass is 32.1. The fraction of sp³-hybridized carbons (Fsp3) is 0.407. The number of fused-ring (bicyclic) bond motifs is 1. The van der Waals surface area contributed by atoms with Gasteiger partial charge in [-0.2, -0.15) is 0 Å². The van der Waals surface area contributed by atoms with E-state index in [1.807, 2.05) is 72.9 Å². The minimum absolute atomic E-state index is 0.134. The number of thiazole rings is 1. The smallest absolute Gasteiger partial charge is 0.338 e. The molecule has 1 aromatic heterocycles. The number of allylic oxidation sites excluding steroid dienone is 4. The molecule has 8 heteroatoms. The number of esters is 3. The van der Waals surface area contributed by atoms with Crippen LogP contribution in [0.2, 0.25) is 0 Å². The first-order valence-electron chi connectivity index (χ1n) is 22.7. The average molecular weight is 850 g/mol. The van der Waals surface area contributed by atoms with E-state index in [0.717, 1.165) is 80.4 Å². The SMILES string of the molecule is C=C1/C(=C\C=C2/CCCC3(C)C(C/C=C/C(OC(=O)c4ccccc4)C4(c5ncc(CCCC)s5)CC4)CCC23)CC(OC(=O)c2ccccc2)CC1OC(=O)c1ccccc1. The second-order valence-electron chi connectivity index (χ2n) is 18.0. The largest absolute Gasteiger partial charge is 0.458 e. The molecule has 3 aromatic carbocycles. The molecule has 7 nitrogen and oxygen atoms in total. The summed E-state index contributed by atoms with van der Waals surface area (Å²) in [4.78, 5) is 46.2. The lowest BCUT2D eigenvalue weighted by Gasteiger charge is -2.42. The molecule has 4 aliphatic rings. The summed E-state index contributed by atoms with van der Waals surface area (Å²) in [6, 6.07) is 27.3. The highest BCUT2D eigenvalue weighted by Crippen LogP contribution is 2.59. The van der Waals surface area contributed by atoms with Crippen LogP contribution in [0.4, 0.5) is 0 Å². The van der Waals surface area contributed by atoms with E-state index in [0.29, 0.717) is 41.4 Å². The lowest BCUT2D eigenvalue weighted by atomic mass is 9.63. The Balaban J connectivity index is 0.989. The Morgan fingerprint density at radius 3 is 2.15 bits per heavy atom. The molecule has 62 heavy (non-hydrogen) atoms. The fourth-order valence-corrected chi connectivity index (χ4v) is 11.4. The van der Waals surface area contributed by atoms with Crippen molar-refractivity contribution in [1.29, 1.82) is 0 Å². The molecule has 4 aliphatic carbocycles. The van der Waals surface area contributed by atoms with Crippen molar-refractivity contribution < 1.29 is 28.6 Å². The standard InChI is InChI=1S/C54H59NO6S/c1-4-5-25-45-36-55-52(62-45)54(32-33-54)48(61-51(58)41-21-13-8-14-22-41)26-15-24-43-29-30-46-38(23-16-31-53(43,46)3)27-28-42-34-44(59-49(56)39-17-9-6-10-18-39)35-47(37(42)2)60-50(57)40-19-11-7-12-20-40/h6-15,17-22,26-28,36,43-44,46-48H,2,4-5,16,23-25,29-35H2,1,3H3/b26-15+,38-27+,42-28-. The van der Waals surface area contributed by atoms with E-state index >= 15 is 0 Å². The van der Waals surface area contributed by atoms with E-state index < -0.39 is 24.1 Å². The number of ether oxygens (including phenoxy) is 3. The van der Waals surface area contributed by atoms with Gasteiger partial charge in [-0.05, 0) is 135 Å². The first-order valence-corrected chi connectivity index (χ1v) is 23.5. The molecular weight excluding hydrogens is 791 g/mol. The number of nitrogens with zero attached hydrogens (tertiary/aromatic N) is 1. The molecule has 0 bridgehead atoms. The van der Waals surface area contributed by atoms with Crippen molar-refractivity contribution in [3.63, 3.8) is 0 Å². The fourth-order valence-electron chi connectivity index (χ4n) is 10.2. The summed E-state index contributed by atoms with van der Waals surface area (Å²) < 4.78 is 18.5. The van der Waals surface area contributed by atoms with Crippen LogP contribution in [0.5, 0.6) is 0 Å². The Hall–Kier alpha value is -5.34. The molecular formula is C54H59NO6S. The average Bonchev–Trinajstić information content (AvgIpc) is 3.84. The number of hydrogen-bond donors (Lipinski definition) is 0. The molecule has 0 radical (unpaired) electrons. The van der Waals surface area contributed by atoms with Crippen molar-refractivity contribution in [2.24, 2.45) is 17.3 Å². The van der Waals surface area contributed by atoms with Gasteiger partial charge in [0.2, 0.25) is 0 Å². The van der Waals surface area contributed by atoms with Crippen molar-refractivity contribution in [3.8, 4) is 0 Å². The van der Waals surface area contributed by atoms with Crippen LogP contribution in [-0.4, -0.2) is 41.2 Å². The summed E-state index contributed by atoms with van der Waals surface area (Å²) in [6.07, 6.45) is 22.0. The summed E-state index contributed by atoms with van der Waals surface area (Å²) >= 11 is 1.79. The monoisotopic (exact) mass is 849 g/mol. The highest BCUT2D eigenvalue weighted by molar-refractivity contribution is 7.11. The Morgan fingerprint density at radius 2 is 1.50 bits per heavy atom. The molecule has 322 valence electrons. The lowest BCUT2D eigenvalue weighted by Crippen LogP contribution is -2.34. The van der Waals surface area contributed by atoms with Gasteiger partial charge in [-0.3, -0.25) is 0 Å². The number of carbonyl (C=O) groups is 3. The maximum atomic E-state index is 13.5. The summed E-state index contributed by atoms with van der Waals surface area (Å²) in [6.45, 7) is 9.12. The zero-order valence-electron chi connectivity index (χ0n) is 36.1. The van der Waals surface area contributed by atoms with Crippen LogP contribution in [0.1, 0.15) is 132 Å². The topological polar surface area (TPSA) is 91.8 Å². The zero-order valence-corrected chi connectivity index (χ0v) is 37.0. The Kier molecular flexibility index (Phi) is 13.5. The van der Waals surface area contributed by atoms with Gasteiger partial charge in [0.15, 0.2) is 0 Å². The van der Waals surface area contributed by atoms with Gasteiger partial charge in [0.25, 0.3) is 0 Å². The minimum atomic E-state index is -0.627. The third-order valence-electron chi connectivity index (χ3n) is 14.0. The second kappa shape index (κ2) is 19.4. The predicted octanol–water partition coefficient (Wildman–Crippen LogP) is 12.6. The Bertz CT molecular complexity index is 2310. The molecule has 8 rings (SSSR count). The van der Waals surface area contributed by atoms with Gasteiger partial charge >= 0.3 is 17.9 Å². The van der Waals surface area contributed by atoms with Crippen molar-refractivity contribution in [3.05, 3.63) is 171 Å². The Morgan fingerprint density at radius 1 is 0.855 bits per heavy atom. The van der Waals surface area contributed by atoms with Gasteiger partial charge in [0.05, 0.1) is 22.1 Å².